The highest BCUT2D eigenvalue weighted by Crippen LogP contribution is 2.16. The van der Waals surface area contributed by atoms with Gasteiger partial charge in [-0.15, -0.1) is 0 Å². The van der Waals surface area contributed by atoms with Crippen LogP contribution in [0.25, 0.3) is 0 Å². The fourth-order valence-corrected chi connectivity index (χ4v) is 1.64. The number of anilines is 1. The van der Waals surface area contributed by atoms with Gasteiger partial charge in [-0.3, -0.25) is 4.79 Å². The van der Waals surface area contributed by atoms with E-state index in [0.29, 0.717) is 26.2 Å². The average molecular weight is 330 g/mol. The highest BCUT2D eigenvalue weighted by molar-refractivity contribution is 9.09. The summed E-state index contributed by atoms with van der Waals surface area (Å²) >= 11 is 3.35. The molecule has 0 atom stereocenters. The molecule has 0 aliphatic heterocycles. The van der Waals surface area contributed by atoms with Gasteiger partial charge in [0.15, 0.2) is 0 Å². The predicted octanol–water partition coefficient (Wildman–Crippen LogP) is 3.22. The molecule has 0 heterocycles. The number of rotatable bonds is 9. The molecule has 106 valence electrons. The van der Waals surface area contributed by atoms with Crippen LogP contribution in [0.4, 0.5) is 5.69 Å². The van der Waals surface area contributed by atoms with Gasteiger partial charge >= 0.3 is 0 Å². The molecule has 1 rings (SSSR count). The number of hydrogen-bond donors (Lipinski definition) is 1. The second-order valence-corrected chi connectivity index (χ2v) is 4.70. The molecular formula is C14H20BrNO3. The summed E-state index contributed by atoms with van der Waals surface area (Å²) in [7, 11) is 0. The highest BCUT2D eigenvalue weighted by Gasteiger charge is 2.02. The predicted molar refractivity (Wildman–Crippen MR) is 80.1 cm³/mol. The van der Waals surface area contributed by atoms with Crippen LogP contribution in [0.1, 0.15) is 19.8 Å². The van der Waals surface area contributed by atoms with Gasteiger partial charge in [-0.05, 0) is 37.6 Å². The van der Waals surface area contributed by atoms with E-state index in [1.54, 1.807) is 0 Å². The molecule has 4 nitrogen and oxygen atoms in total. The maximum atomic E-state index is 11.6. The molecule has 1 aromatic rings. The first-order valence-corrected chi connectivity index (χ1v) is 7.55. The molecule has 5 heteroatoms. The smallest absolute Gasteiger partial charge is 0.226 e. The zero-order valence-electron chi connectivity index (χ0n) is 11.2. The third-order valence-electron chi connectivity index (χ3n) is 2.36. The molecule has 0 spiro atoms. The van der Waals surface area contributed by atoms with Gasteiger partial charge in [0, 0.05) is 17.6 Å². The van der Waals surface area contributed by atoms with Crippen LogP contribution in [0, 0.1) is 0 Å². The van der Waals surface area contributed by atoms with Crippen molar-refractivity contribution in [3.63, 3.8) is 0 Å². The Hall–Kier alpha value is -1.07. The van der Waals surface area contributed by atoms with E-state index in [-0.39, 0.29) is 5.91 Å². The Morgan fingerprint density at radius 3 is 2.63 bits per heavy atom. The molecule has 1 aromatic carbocycles. The van der Waals surface area contributed by atoms with Gasteiger partial charge in [0.05, 0.1) is 19.6 Å². The van der Waals surface area contributed by atoms with Crippen LogP contribution in [-0.4, -0.2) is 31.1 Å². The van der Waals surface area contributed by atoms with Crippen LogP contribution in [0.15, 0.2) is 24.3 Å². The van der Waals surface area contributed by atoms with Crippen molar-refractivity contribution in [2.45, 2.75) is 19.8 Å². The van der Waals surface area contributed by atoms with E-state index in [0.717, 1.165) is 23.2 Å². The zero-order valence-corrected chi connectivity index (χ0v) is 12.7. The lowest BCUT2D eigenvalue weighted by Crippen LogP contribution is -2.14. The number of hydrogen-bond acceptors (Lipinski definition) is 3. The van der Waals surface area contributed by atoms with Crippen LogP contribution in [0.3, 0.4) is 0 Å². The monoisotopic (exact) mass is 329 g/mol. The van der Waals surface area contributed by atoms with Crippen LogP contribution >= 0.6 is 15.9 Å². The number of benzene rings is 1. The third-order valence-corrected chi connectivity index (χ3v) is 2.92. The van der Waals surface area contributed by atoms with E-state index in [4.69, 9.17) is 9.47 Å². The largest absolute Gasteiger partial charge is 0.494 e. The lowest BCUT2D eigenvalue weighted by atomic mass is 10.3. The summed E-state index contributed by atoms with van der Waals surface area (Å²) in [6.07, 6.45) is 1.34. The van der Waals surface area contributed by atoms with E-state index < -0.39 is 0 Å². The number of amides is 1. The summed E-state index contributed by atoms with van der Waals surface area (Å²) in [5, 5.41) is 3.74. The van der Waals surface area contributed by atoms with Crippen LogP contribution in [0.5, 0.6) is 5.75 Å². The summed E-state index contributed by atoms with van der Waals surface area (Å²) in [6.45, 7) is 3.68. The number of halogens is 1. The standard InChI is InChI=1S/C14H20BrNO3/c1-2-18-11-8-14(17)16-12-4-6-13(7-5-12)19-10-3-9-15/h4-7H,2-3,8-11H2,1H3,(H,16,17). The molecule has 0 aliphatic rings. The lowest BCUT2D eigenvalue weighted by Gasteiger charge is -2.08. The van der Waals surface area contributed by atoms with Crippen molar-refractivity contribution in [3.05, 3.63) is 24.3 Å². The van der Waals surface area contributed by atoms with E-state index in [2.05, 4.69) is 21.2 Å². The van der Waals surface area contributed by atoms with Crippen LogP contribution in [0.2, 0.25) is 0 Å². The van der Waals surface area contributed by atoms with Crippen molar-refractivity contribution < 1.29 is 14.3 Å². The van der Waals surface area contributed by atoms with Gasteiger partial charge in [0.1, 0.15) is 5.75 Å². The second kappa shape index (κ2) is 9.81. The summed E-state index contributed by atoms with van der Waals surface area (Å²) < 4.78 is 10.7. The Kier molecular flexibility index (Phi) is 8.25. The first-order valence-electron chi connectivity index (χ1n) is 6.42. The van der Waals surface area contributed by atoms with E-state index >= 15 is 0 Å². The molecule has 0 aromatic heterocycles. The number of carbonyl (C=O) groups excluding carboxylic acids is 1. The SMILES string of the molecule is CCOCCC(=O)Nc1ccc(OCCCBr)cc1. The minimum Gasteiger partial charge on any atom is -0.494 e. The molecule has 19 heavy (non-hydrogen) atoms. The Morgan fingerprint density at radius 2 is 2.00 bits per heavy atom. The number of ether oxygens (including phenoxy) is 2. The van der Waals surface area contributed by atoms with Crippen molar-refractivity contribution in [1.29, 1.82) is 0 Å². The van der Waals surface area contributed by atoms with Crippen molar-refractivity contribution >= 4 is 27.5 Å². The summed E-state index contributed by atoms with van der Waals surface area (Å²) in [5.74, 6) is 0.773. The second-order valence-electron chi connectivity index (χ2n) is 3.91. The number of nitrogens with one attached hydrogen (secondary N) is 1. The molecule has 1 N–H and O–H groups in total. The van der Waals surface area contributed by atoms with Crippen molar-refractivity contribution in [2.24, 2.45) is 0 Å². The minimum absolute atomic E-state index is 0.0404. The van der Waals surface area contributed by atoms with Gasteiger partial charge in [-0.2, -0.15) is 0 Å². The molecule has 0 fully saturated rings. The number of carbonyl (C=O) groups is 1. The Balaban J connectivity index is 2.32. The fraction of sp³-hybridized carbons (Fsp3) is 0.500. The van der Waals surface area contributed by atoms with Crippen LogP contribution in [-0.2, 0) is 9.53 Å². The Bertz CT molecular complexity index is 367. The van der Waals surface area contributed by atoms with Gasteiger partial charge in [0.25, 0.3) is 0 Å². The van der Waals surface area contributed by atoms with Gasteiger partial charge in [-0.1, -0.05) is 15.9 Å². The molecule has 0 saturated heterocycles. The molecule has 0 aliphatic carbocycles. The van der Waals surface area contributed by atoms with Gasteiger partial charge in [0.2, 0.25) is 5.91 Å². The molecule has 0 bridgehead atoms. The van der Waals surface area contributed by atoms with E-state index in [9.17, 15) is 4.79 Å². The third kappa shape index (κ3) is 7.18. The summed E-state index contributed by atoms with van der Waals surface area (Å²) in [5.41, 5.74) is 0.773. The topological polar surface area (TPSA) is 47.6 Å². The first kappa shape index (κ1) is 16.0. The lowest BCUT2D eigenvalue weighted by molar-refractivity contribution is -0.117. The number of alkyl halides is 1. The van der Waals surface area contributed by atoms with Crippen LogP contribution < -0.4 is 10.1 Å². The maximum absolute atomic E-state index is 11.6. The molecule has 1 amide bonds. The Labute approximate surface area is 122 Å². The van der Waals surface area contributed by atoms with Crippen molar-refractivity contribution in [2.75, 3.05) is 30.5 Å². The fourth-order valence-electron chi connectivity index (χ4n) is 1.41. The van der Waals surface area contributed by atoms with E-state index in [1.807, 2.05) is 31.2 Å². The minimum atomic E-state index is -0.0404. The first-order chi connectivity index (χ1) is 9.26. The summed E-state index contributed by atoms with van der Waals surface area (Å²) in [6, 6.07) is 7.38. The normalized spacial score (nSPS) is 10.2. The average Bonchev–Trinajstić information content (AvgIpc) is 2.41. The van der Waals surface area contributed by atoms with Gasteiger partial charge < -0.3 is 14.8 Å². The zero-order chi connectivity index (χ0) is 13.9. The van der Waals surface area contributed by atoms with Gasteiger partial charge in [-0.25, -0.2) is 0 Å². The Morgan fingerprint density at radius 1 is 1.26 bits per heavy atom. The molecule has 0 radical (unpaired) electrons. The summed E-state index contributed by atoms with van der Waals surface area (Å²) in [4.78, 5) is 11.6. The molecular weight excluding hydrogens is 310 g/mol. The van der Waals surface area contributed by atoms with Crippen molar-refractivity contribution in [3.8, 4) is 5.75 Å². The molecule has 0 unspecified atom stereocenters. The quantitative estimate of drug-likeness (QED) is 0.559. The van der Waals surface area contributed by atoms with E-state index in [1.165, 1.54) is 0 Å². The molecule has 0 saturated carbocycles. The van der Waals surface area contributed by atoms with Crippen molar-refractivity contribution in [1.82, 2.24) is 0 Å². The maximum Gasteiger partial charge on any atom is 0.226 e. The highest BCUT2D eigenvalue weighted by atomic mass is 79.9.